The number of ether oxygens (including phenoxy) is 1. The lowest BCUT2D eigenvalue weighted by atomic mass is 9.78. The zero-order valence-electron chi connectivity index (χ0n) is 18.6. The second kappa shape index (κ2) is 8.13. The van der Waals surface area contributed by atoms with Gasteiger partial charge >= 0.3 is 6.09 Å². The smallest absolute Gasteiger partial charge is 0.410 e. The molecule has 0 radical (unpaired) electrons. The van der Waals surface area contributed by atoms with Gasteiger partial charge < -0.3 is 9.64 Å². The predicted octanol–water partition coefficient (Wildman–Crippen LogP) is 2.09. The van der Waals surface area contributed by atoms with Gasteiger partial charge in [0.15, 0.2) is 0 Å². The third kappa shape index (κ3) is 4.09. The summed E-state index contributed by atoms with van der Waals surface area (Å²) in [5, 5.41) is 3.24. The molecule has 0 aromatic heterocycles. The van der Waals surface area contributed by atoms with Crippen molar-refractivity contribution in [2.24, 2.45) is 5.41 Å². The topological polar surface area (TPSA) is 73.4 Å². The summed E-state index contributed by atoms with van der Waals surface area (Å²) >= 11 is 0. The molecule has 0 aromatic carbocycles. The van der Waals surface area contributed by atoms with Crippen molar-refractivity contribution < 1.29 is 19.1 Å². The van der Waals surface area contributed by atoms with Gasteiger partial charge in [-0.15, -0.1) is 0 Å². The minimum atomic E-state index is -0.924. The first kappa shape index (κ1) is 21.9. The molecule has 3 amide bonds. The van der Waals surface area contributed by atoms with Crippen molar-refractivity contribution in [2.45, 2.75) is 71.9 Å². The summed E-state index contributed by atoms with van der Waals surface area (Å²) in [6, 6.07) is 0.289. The highest BCUT2D eigenvalue weighted by Gasteiger charge is 2.59. The van der Waals surface area contributed by atoms with Crippen molar-refractivity contribution in [2.75, 3.05) is 39.3 Å². The average Bonchev–Trinajstić information content (AvgIpc) is 2.87. The number of likely N-dealkylation sites (tertiary alicyclic amines) is 2. The first-order valence-corrected chi connectivity index (χ1v) is 11.0. The van der Waals surface area contributed by atoms with Gasteiger partial charge in [-0.2, -0.15) is 0 Å². The van der Waals surface area contributed by atoms with E-state index in [0.29, 0.717) is 39.1 Å². The molecule has 0 bridgehead atoms. The maximum absolute atomic E-state index is 13.2. The van der Waals surface area contributed by atoms with Crippen molar-refractivity contribution >= 4 is 17.9 Å². The van der Waals surface area contributed by atoms with E-state index in [1.165, 1.54) is 0 Å². The lowest BCUT2D eigenvalue weighted by Crippen LogP contribution is -2.56. The Morgan fingerprint density at radius 2 is 1.59 bits per heavy atom. The van der Waals surface area contributed by atoms with Gasteiger partial charge in [-0.25, -0.2) is 4.79 Å². The first-order valence-electron chi connectivity index (χ1n) is 11.0. The standard InChI is InChI=1S/C21H36N4O4/c1-6-24-17(26)21(18(27)25(24)7-2)11-8-12-23(15-21)16-9-13-22(14-10-16)19(28)29-20(3,4)5/h16H,6-15H2,1-5H3. The van der Waals surface area contributed by atoms with E-state index in [4.69, 9.17) is 4.74 Å². The van der Waals surface area contributed by atoms with E-state index in [2.05, 4.69) is 4.90 Å². The Hall–Kier alpha value is -1.83. The largest absolute Gasteiger partial charge is 0.444 e. The molecule has 3 aliphatic rings. The van der Waals surface area contributed by atoms with Gasteiger partial charge in [0.25, 0.3) is 11.8 Å². The monoisotopic (exact) mass is 408 g/mol. The normalized spacial score (nSPS) is 24.0. The van der Waals surface area contributed by atoms with Crippen LogP contribution in [0.5, 0.6) is 0 Å². The number of hydrogen-bond donors (Lipinski definition) is 0. The van der Waals surface area contributed by atoms with E-state index in [0.717, 1.165) is 25.8 Å². The lowest BCUT2D eigenvalue weighted by molar-refractivity contribution is -0.145. The fourth-order valence-electron chi connectivity index (χ4n) is 4.92. The van der Waals surface area contributed by atoms with E-state index >= 15 is 0 Å². The Morgan fingerprint density at radius 3 is 2.07 bits per heavy atom. The molecule has 0 N–H and O–H groups in total. The molecule has 0 saturated carbocycles. The third-order valence-electron chi connectivity index (χ3n) is 6.33. The number of hydrazine groups is 1. The molecule has 8 heteroatoms. The summed E-state index contributed by atoms with van der Waals surface area (Å²) in [6.45, 7) is 13.2. The molecule has 3 aliphatic heterocycles. The molecule has 3 rings (SSSR count). The molecule has 0 aliphatic carbocycles. The van der Waals surface area contributed by atoms with E-state index < -0.39 is 11.0 Å². The molecule has 164 valence electrons. The fourth-order valence-corrected chi connectivity index (χ4v) is 4.92. The summed E-state index contributed by atoms with van der Waals surface area (Å²) in [6.07, 6.45) is 2.90. The molecule has 1 spiro atoms. The molecule has 0 aromatic rings. The third-order valence-corrected chi connectivity index (χ3v) is 6.33. The molecule has 0 unspecified atom stereocenters. The van der Waals surface area contributed by atoms with Gasteiger partial charge in [-0.1, -0.05) is 0 Å². The van der Waals surface area contributed by atoms with Crippen LogP contribution in [0.3, 0.4) is 0 Å². The average molecular weight is 409 g/mol. The second-order valence-electron chi connectivity index (χ2n) is 9.40. The number of rotatable bonds is 3. The number of nitrogens with zero attached hydrogens (tertiary/aromatic N) is 4. The van der Waals surface area contributed by atoms with Gasteiger partial charge in [0.1, 0.15) is 11.0 Å². The van der Waals surface area contributed by atoms with Crippen LogP contribution in [0.1, 0.15) is 60.3 Å². The number of piperidine rings is 2. The lowest BCUT2D eigenvalue weighted by Gasteiger charge is -2.44. The minimum Gasteiger partial charge on any atom is -0.444 e. The molecular weight excluding hydrogens is 372 g/mol. The molecule has 3 fully saturated rings. The summed E-state index contributed by atoms with van der Waals surface area (Å²) in [4.78, 5) is 42.7. The van der Waals surface area contributed by atoms with Gasteiger partial charge in [0.05, 0.1) is 0 Å². The Kier molecular flexibility index (Phi) is 6.13. The van der Waals surface area contributed by atoms with Crippen LogP contribution in [0.25, 0.3) is 0 Å². The highest BCUT2D eigenvalue weighted by Crippen LogP contribution is 2.41. The van der Waals surface area contributed by atoms with Crippen molar-refractivity contribution in [3.63, 3.8) is 0 Å². The van der Waals surface area contributed by atoms with E-state index in [1.807, 2.05) is 34.6 Å². The van der Waals surface area contributed by atoms with Crippen LogP contribution in [0, 0.1) is 5.41 Å². The zero-order chi connectivity index (χ0) is 21.4. The van der Waals surface area contributed by atoms with E-state index in [9.17, 15) is 14.4 Å². The van der Waals surface area contributed by atoms with Crippen molar-refractivity contribution in [3.8, 4) is 0 Å². The number of carbonyl (C=O) groups excluding carboxylic acids is 3. The minimum absolute atomic E-state index is 0.0391. The number of carbonyl (C=O) groups is 3. The van der Waals surface area contributed by atoms with Gasteiger partial charge in [-0.3, -0.25) is 24.5 Å². The number of amides is 3. The van der Waals surface area contributed by atoms with Crippen LogP contribution >= 0.6 is 0 Å². The Bertz CT molecular complexity index is 630. The summed E-state index contributed by atoms with van der Waals surface area (Å²) < 4.78 is 5.48. The van der Waals surface area contributed by atoms with Gasteiger partial charge in [-0.05, 0) is 66.8 Å². The molecule has 3 saturated heterocycles. The van der Waals surface area contributed by atoms with Crippen LogP contribution in [0.15, 0.2) is 0 Å². The Labute approximate surface area is 174 Å². The van der Waals surface area contributed by atoms with E-state index in [1.54, 1.807) is 14.9 Å². The molecule has 29 heavy (non-hydrogen) atoms. The highest BCUT2D eigenvalue weighted by molar-refractivity contribution is 6.10. The SMILES string of the molecule is CCN1C(=O)C2(CCCN(C3CCN(C(=O)OC(C)(C)C)CC3)C2)C(=O)N1CC. The van der Waals surface area contributed by atoms with Crippen LogP contribution in [0.4, 0.5) is 4.79 Å². The van der Waals surface area contributed by atoms with Crippen molar-refractivity contribution in [1.29, 1.82) is 0 Å². The van der Waals surface area contributed by atoms with Crippen LogP contribution in [0.2, 0.25) is 0 Å². The second-order valence-corrected chi connectivity index (χ2v) is 9.40. The fraction of sp³-hybridized carbons (Fsp3) is 0.857. The van der Waals surface area contributed by atoms with Crippen molar-refractivity contribution in [3.05, 3.63) is 0 Å². The summed E-state index contributed by atoms with van der Waals surface area (Å²) in [7, 11) is 0. The molecule has 0 atom stereocenters. The maximum atomic E-state index is 13.2. The predicted molar refractivity (Wildman–Crippen MR) is 109 cm³/mol. The van der Waals surface area contributed by atoms with Gasteiger partial charge in [0, 0.05) is 38.8 Å². The van der Waals surface area contributed by atoms with Crippen LogP contribution in [-0.4, -0.2) is 88.6 Å². The van der Waals surface area contributed by atoms with Crippen LogP contribution < -0.4 is 0 Å². The molecule has 3 heterocycles. The zero-order valence-corrected chi connectivity index (χ0v) is 18.6. The Morgan fingerprint density at radius 1 is 1.03 bits per heavy atom. The van der Waals surface area contributed by atoms with Gasteiger partial charge in [0.2, 0.25) is 0 Å². The highest BCUT2D eigenvalue weighted by atomic mass is 16.6. The van der Waals surface area contributed by atoms with Crippen LogP contribution in [-0.2, 0) is 14.3 Å². The summed E-state index contributed by atoms with van der Waals surface area (Å²) in [5.41, 5.74) is -1.42. The molecular formula is C21H36N4O4. The maximum Gasteiger partial charge on any atom is 0.410 e. The van der Waals surface area contributed by atoms with E-state index in [-0.39, 0.29) is 23.9 Å². The summed E-state index contributed by atoms with van der Waals surface area (Å²) in [5.74, 6) is -0.0783. The first-order chi connectivity index (χ1) is 13.6. The quantitative estimate of drug-likeness (QED) is 0.669. The molecule has 8 nitrogen and oxygen atoms in total. The van der Waals surface area contributed by atoms with Crippen molar-refractivity contribution in [1.82, 2.24) is 19.8 Å². The Balaban J connectivity index is 1.64. The number of hydrogen-bond acceptors (Lipinski definition) is 5.